The molecule has 0 aliphatic rings. The molecule has 40 heavy (non-hydrogen) atoms. The van der Waals surface area contributed by atoms with E-state index in [9.17, 15) is 9.90 Å². The van der Waals surface area contributed by atoms with E-state index in [-0.39, 0.29) is 27.9 Å². The summed E-state index contributed by atoms with van der Waals surface area (Å²) in [6.07, 6.45) is 5.90. The number of hydrogen-bond acceptors (Lipinski definition) is 3. The molecule has 1 N–H and O–H groups in total. The number of carbonyl (C=O) groups excluding carboxylic acids is 1. The van der Waals surface area contributed by atoms with Crippen molar-refractivity contribution in [3.63, 3.8) is 0 Å². The summed E-state index contributed by atoms with van der Waals surface area (Å²) in [7, 11) is 0. The maximum Gasteiger partial charge on any atom is 0.335 e. The van der Waals surface area contributed by atoms with Crippen LogP contribution >= 0.6 is 0 Å². The van der Waals surface area contributed by atoms with Gasteiger partial charge in [0.25, 0.3) is 0 Å². The van der Waals surface area contributed by atoms with E-state index in [4.69, 9.17) is 4.74 Å². The van der Waals surface area contributed by atoms with Crippen LogP contribution in [0.25, 0.3) is 0 Å². The molecule has 0 aliphatic heterocycles. The number of esters is 1. The molecule has 0 bridgehead atoms. The monoisotopic (exact) mass is 546 g/mol. The first kappa shape index (κ1) is 33.4. The molecule has 0 aliphatic carbocycles. The topological polar surface area (TPSA) is 46.5 Å². The quantitative estimate of drug-likeness (QED) is 0.125. The molecule has 0 saturated heterocycles. The first-order valence-electron chi connectivity index (χ1n) is 14.9. The van der Waals surface area contributed by atoms with Gasteiger partial charge in [-0.15, -0.1) is 6.58 Å². The Bertz CT molecular complexity index is 1260. The van der Waals surface area contributed by atoms with E-state index in [0.717, 1.165) is 41.5 Å². The minimum Gasteiger partial charge on any atom is -0.507 e. The van der Waals surface area contributed by atoms with Gasteiger partial charge in [0.1, 0.15) is 11.5 Å². The number of benzene rings is 2. The average Bonchev–Trinajstić information content (AvgIpc) is 2.92. The lowest BCUT2D eigenvalue weighted by atomic mass is 9.72. The zero-order valence-corrected chi connectivity index (χ0v) is 27.3. The number of ether oxygens (including phenoxy) is 1. The third-order valence-corrected chi connectivity index (χ3v) is 9.71. The van der Waals surface area contributed by atoms with Crippen molar-refractivity contribution in [2.24, 2.45) is 0 Å². The van der Waals surface area contributed by atoms with Crippen molar-refractivity contribution in [3.05, 3.63) is 83.0 Å². The minimum absolute atomic E-state index is 0.0852. The van der Waals surface area contributed by atoms with Gasteiger partial charge in [-0.1, -0.05) is 120 Å². The third-order valence-electron chi connectivity index (χ3n) is 9.71. The van der Waals surface area contributed by atoms with Crippen molar-refractivity contribution < 1.29 is 14.6 Å². The van der Waals surface area contributed by atoms with Crippen molar-refractivity contribution >= 4 is 5.97 Å². The van der Waals surface area contributed by atoms with Crippen molar-refractivity contribution in [2.75, 3.05) is 0 Å². The van der Waals surface area contributed by atoms with Crippen LogP contribution in [0.4, 0.5) is 0 Å². The number of allylic oxidation sites excluding steroid dienone is 1. The van der Waals surface area contributed by atoms with Crippen molar-refractivity contribution in [2.45, 2.75) is 130 Å². The van der Waals surface area contributed by atoms with Crippen LogP contribution in [0.15, 0.2) is 49.6 Å². The van der Waals surface area contributed by atoms with Gasteiger partial charge in [-0.2, -0.15) is 0 Å². The summed E-state index contributed by atoms with van der Waals surface area (Å²) in [4.78, 5) is 12.7. The lowest BCUT2D eigenvalue weighted by molar-refractivity contribution is -0.129. The van der Waals surface area contributed by atoms with E-state index in [1.807, 2.05) is 6.08 Å². The Labute approximate surface area is 244 Å². The highest BCUT2D eigenvalue weighted by Crippen LogP contribution is 2.48. The fraction of sp³-hybridized carbons (Fsp3) is 0.541. The molecule has 220 valence electrons. The summed E-state index contributed by atoms with van der Waals surface area (Å²) >= 11 is 0. The molecule has 0 radical (unpaired) electrons. The smallest absolute Gasteiger partial charge is 0.335 e. The van der Waals surface area contributed by atoms with Gasteiger partial charge < -0.3 is 9.84 Å². The Morgan fingerprint density at radius 3 is 1.68 bits per heavy atom. The molecule has 0 fully saturated rings. The zero-order chi connectivity index (χ0) is 30.8. The summed E-state index contributed by atoms with van der Waals surface area (Å²) in [5.41, 5.74) is 5.10. The number of rotatable bonds is 12. The van der Waals surface area contributed by atoms with E-state index < -0.39 is 11.4 Å². The molecule has 3 nitrogen and oxygen atoms in total. The lowest BCUT2D eigenvalue weighted by Crippen LogP contribution is -2.24. The molecule has 0 spiro atoms. The Kier molecular flexibility index (Phi) is 9.99. The molecular weight excluding hydrogens is 492 g/mol. The van der Waals surface area contributed by atoms with E-state index in [1.54, 1.807) is 0 Å². The predicted molar refractivity (Wildman–Crippen MR) is 171 cm³/mol. The first-order valence-corrected chi connectivity index (χ1v) is 14.9. The molecule has 0 heterocycles. The van der Waals surface area contributed by atoms with Gasteiger partial charge in [0.15, 0.2) is 0 Å². The Hall–Kier alpha value is -2.81. The molecule has 0 saturated carbocycles. The number of aromatic hydroxyl groups is 1. The van der Waals surface area contributed by atoms with Crippen molar-refractivity contribution in [1.29, 1.82) is 0 Å². The summed E-state index contributed by atoms with van der Waals surface area (Å²) < 4.78 is 6.08. The Morgan fingerprint density at radius 2 is 1.25 bits per heavy atom. The lowest BCUT2D eigenvalue weighted by Gasteiger charge is -2.34. The van der Waals surface area contributed by atoms with Crippen molar-refractivity contribution in [3.8, 4) is 11.5 Å². The zero-order valence-electron chi connectivity index (χ0n) is 27.3. The van der Waals surface area contributed by atoms with E-state index in [2.05, 4.69) is 121 Å². The van der Waals surface area contributed by atoms with E-state index in [1.165, 1.54) is 17.2 Å². The van der Waals surface area contributed by atoms with Crippen LogP contribution in [-0.2, 0) is 26.5 Å². The number of hydrogen-bond donors (Lipinski definition) is 1. The summed E-state index contributed by atoms with van der Waals surface area (Å²) in [5, 5.41) is 11.8. The summed E-state index contributed by atoms with van der Waals surface area (Å²) in [5.74, 6) is 0.107. The molecular formula is C37H54O3. The van der Waals surface area contributed by atoms with Crippen LogP contribution in [0.2, 0.25) is 0 Å². The fourth-order valence-electron chi connectivity index (χ4n) is 4.87. The Morgan fingerprint density at radius 1 is 0.800 bits per heavy atom. The highest BCUT2D eigenvalue weighted by atomic mass is 16.5. The molecule has 0 aromatic heterocycles. The average molecular weight is 547 g/mol. The number of phenolic OH excluding ortho intramolecular Hbond substituents is 1. The van der Waals surface area contributed by atoms with Crippen molar-refractivity contribution in [1.82, 2.24) is 0 Å². The highest BCUT2D eigenvalue weighted by Gasteiger charge is 2.34. The second kappa shape index (κ2) is 12.0. The molecule has 1 unspecified atom stereocenters. The SMILES string of the molecule is C=CC(=O)Oc1c(C(C)c2cc(C(C)(C)CC)cc(C(C)(C)C=C)c2O)cc(C(C)(C)CC)cc1C(C)(C)CC. The van der Waals surface area contributed by atoms with Crippen LogP contribution < -0.4 is 4.74 Å². The summed E-state index contributed by atoms with van der Waals surface area (Å²) in [6, 6.07) is 8.69. The van der Waals surface area contributed by atoms with Gasteiger partial charge in [-0.05, 0) is 46.6 Å². The molecule has 3 heteroatoms. The van der Waals surface area contributed by atoms with Crippen LogP contribution in [0.3, 0.4) is 0 Å². The van der Waals surface area contributed by atoms with E-state index in [0.29, 0.717) is 5.75 Å². The van der Waals surface area contributed by atoms with Crippen LogP contribution in [0.1, 0.15) is 142 Å². The standard InChI is InChI=1S/C37H54O3/c1-15-31(38)40-33-28(21-26(35(9,10)17-3)23-30(33)37(13,14)19-5)24(6)27-20-25(34(7,8)16-2)22-29(32(27)39)36(11,12)18-4/h15,18,20-24,39H,1,4,16-17,19H2,2-3,5-14H3. The van der Waals surface area contributed by atoms with E-state index >= 15 is 0 Å². The molecule has 0 amide bonds. The Balaban J connectivity index is 3.11. The number of phenols is 1. The molecule has 2 rings (SSSR count). The number of carbonyl (C=O) groups is 1. The van der Waals surface area contributed by atoms with Gasteiger partial charge in [0.2, 0.25) is 0 Å². The predicted octanol–water partition coefficient (Wildman–Crippen LogP) is 10.2. The van der Waals surface area contributed by atoms with Crippen LogP contribution in [0, 0.1) is 0 Å². The maximum atomic E-state index is 12.7. The fourth-order valence-corrected chi connectivity index (χ4v) is 4.87. The van der Waals surface area contributed by atoms with Gasteiger partial charge in [-0.25, -0.2) is 4.79 Å². The first-order chi connectivity index (χ1) is 18.3. The molecule has 2 aromatic rings. The molecule has 2 aromatic carbocycles. The van der Waals surface area contributed by atoms with Gasteiger partial charge in [0.05, 0.1) is 0 Å². The second-order valence-corrected chi connectivity index (χ2v) is 13.9. The minimum atomic E-state index is -0.484. The maximum absolute atomic E-state index is 12.7. The normalized spacial score (nSPS) is 13.6. The van der Waals surface area contributed by atoms with Crippen LogP contribution in [-0.4, -0.2) is 11.1 Å². The van der Waals surface area contributed by atoms with Gasteiger partial charge >= 0.3 is 5.97 Å². The van der Waals surface area contributed by atoms with Gasteiger partial charge in [-0.3, -0.25) is 0 Å². The van der Waals surface area contributed by atoms with Crippen LogP contribution in [0.5, 0.6) is 11.5 Å². The molecule has 1 atom stereocenters. The van der Waals surface area contributed by atoms with Gasteiger partial charge in [0, 0.05) is 39.7 Å². The third kappa shape index (κ3) is 6.56. The highest BCUT2D eigenvalue weighted by molar-refractivity contribution is 5.84. The largest absolute Gasteiger partial charge is 0.507 e. The summed E-state index contributed by atoms with van der Waals surface area (Å²) in [6.45, 7) is 33.9. The second-order valence-electron chi connectivity index (χ2n) is 13.9.